The van der Waals surface area contributed by atoms with Gasteiger partial charge in [0.25, 0.3) is 0 Å². The van der Waals surface area contributed by atoms with Crippen LogP contribution in [0.15, 0.2) is 206 Å². The van der Waals surface area contributed by atoms with Crippen LogP contribution in [0.1, 0.15) is 22.3 Å². The summed E-state index contributed by atoms with van der Waals surface area (Å²) >= 11 is 0. The van der Waals surface area contributed by atoms with Crippen molar-refractivity contribution in [1.82, 2.24) is 9.97 Å². The third kappa shape index (κ3) is 4.36. The van der Waals surface area contributed by atoms with Crippen molar-refractivity contribution in [3.05, 3.63) is 229 Å². The van der Waals surface area contributed by atoms with Gasteiger partial charge in [-0.3, -0.25) is 0 Å². The minimum absolute atomic E-state index is 0.525. The fourth-order valence-corrected chi connectivity index (χ4v) is 11.3. The molecule has 1 heterocycles. The molecule has 0 unspecified atom stereocenters. The summed E-state index contributed by atoms with van der Waals surface area (Å²) in [5.41, 5.74) is 19.7. The van der Waals surface area contributed by atoms with E-state index in [-0.39, 0.29) is 0 Å². The molecule has 0 amide bonds. The van der Waals surface area contributed by atoms with Crippen LogP contribution in [-0.2, 0) is 5.41 Å². The van der Waals surface area contributed by atoms with E-state index in [0.29, 0.717) is 0 Å². The largest absolute Gasteiger partial charge is 0.228 e. The van der Waals surface area contributed by atoms with Crippen molar-refractivity contribution in [2.24, 2.45) is 0 Å². The Morgan fingerprint density at radius 2 is 0.754 bits per heavy atom. The lowest BCUT2D eigenvalue weighted by atomic mass is 9.70. The molecule has 10 aromatic carbocycles. The number of aromatic nitrogens is 2. The lowest BCUT2D eigenvalue weighted by molar-refractivity contribution is 0.794. The van der Waals surface area contributed by atoms with Gasteiger partial charge in [-0.25, -0.2) is 9.97 Å². The van der Waals surface area contributed by atoms with Crippen LogP contribution >= 0.6 is 0 Å². The molecule has 2 nitrogen and oxygen atoms in total. The first kappa shape index (κ1) is 33.0. The van der Waals surface area contributed by atoms with E-state index < -0.39 is 5.41 Å². The quantitative estimate of drug-likeness (QED) is 0.179. The van der Waals surface area contributed by atoms with E-state index in [0.717, 1.165) is 33.9 Å². The molecule has 61 heavy (non-hydrogen) atoms. The van der Waals surface area contributed by atoms with E-state index in [1.165, 1.54) is 99.1 Å². The normalized spacial score (nSPS) is 13.4. The van der Waals surface area contributed by atoms with Crippen molar-refractivity contribution >= 4 is 32.3 Å². The van der Waals surface area contributed by atoms with Gasteiger partial charge in [-0.15, -0.1) is 0 Å². The summed E-state index contributed by atoms with van der Waals surface area (Å²) in [5, 5.41) is 7.32. The second-order valence-electron chi connectivity index (χ2n) is 16.8. The Kier molecular flexibility index (Phi) is 6.52. The topological polar surface area (TPSA) is 25.8 Å². The third-order valence-corrected chi connectivity index (χ3v) is 13.8. The highest BCUT2D eigenvalue weighted by Crippen LogP contribution is 2.67. The van der Waals surface area contributed by atoms with Crippen LogP contribution in [0.25, 0.3) is 111 Å². The second-order valence-corrected chi connectivity index (χ2v) is 16.8. The number of benzene rings is 10. The first-order chi connectivity index (χ1) is 30.2. The monoisotopic (exact) mass is 770 g/mol. The smallest absolute Gasteiger partial charge is 0.161 e. The predicted octanol–water partition coefficient (Wildman–Crippen LogP) is 14.9. The summed E-state index contributed by atoms with van der Waals surface area (Å²) in [7, 11) is 0. The molecule has 0 radical (unpaired) electrons. The molecule has 1 spiro atoms. The van der Waals surface area contributed by atoms with Gasteiger partial charge in [0.1, 0.15) is 0 Å². The highest BCUT2D eigenvalue weighted by Gasteiger charge is 2.53. The maximum Gasteiger partial charge on any atom is 0.161 e. The van der Waals surface area contributed by atoms with Crippen molar-refractivity contribution in [3.63, 3.8) is 0 Å². The van der Waals surface area contributed by atoms with Gasteiger partial charge in [0.05, 0.1) is 16.8 Å². The van der Waals surface area contributed by atoms with E-state index in [9.17, 15) is 0 Å². The van der Waals surface area contributed by atoms with Gasteiger partial charge in [-0.05, 0) is 118 Å². The molecule has 14 rings (SSSR count). The Labute approximate surface area is 353 Å². The molecule has 1 aromatic heterocycles. The molecule has 0 saturated heterocycles. The zero-order valence-electron chi connectivity index (χ0n) is 33.0. The van der Waals surface area contributed by atoms with Crippen molar-refractivity contribution in [2.45, 2.75) is 5.41 Å². The summed E-state index contributed by atoms with van der Waals surface area (Å²) in [6, 6.07) is 76.1. The average molecular weight is 771 g/mol. The zero-order valence-corrected chi connectivity index (χ0v) is 33.0. The van der Waals surface area contributed by atoms with Crippen molar-refractivity contribution in [1.29, 1.82) is 0 Å². The highest BCUT2D eigenvalue weighted by atomic mass is 14.9. The van der Waals surface area contributed by atoms with Crippen LogP contribution in [0.4, 0.5) is 0 Å². The predicted molar refractivity (Wildman–Crippen MR) is 252 cm³/mol. The minimum Gasteiger partial charge on any atom is -0.228 e. The molecule has 3 aliphatic carbocycles. The first-order valence-electron chi connectivity index (χ1n) is 21.1. The Bertz CT molecular complexity index is 3580. The molecule has 280 valence electrons. The van der Waals surface area contributed by atoms with Gasteiger partial charge < -0.3 is 0 Å². The number of rotatable bonds is 3. The standard InChI is InChI=1S/C59H34N2/c1-3-15-38-31-40(29-27-35(38)13-1)52-34-53(41-30-28-36-14-2-4-16-39(36)32-41)61-58(60-52)57-55-46-23-12-18-37-17-11-22-44(54(37)46)47(55)33-51-56(57)45-21-7-10-26-50(45)59(51)48-24-8-5-19-42(48)43-20-6-9-25-49(43)59/h1-34H. The molecule has 3 aliphatic rings. The molecule has 0 fully saturated rings. The van der Waals surface area contributed by atoms with E-state index in [4.69, 9.17) is 9.97 Å². The van der Waals surface area contributed by atoms with Crippen molar-refractivity contribution in [3.8, 4) is 78.4 Å². The Morgan fingerprint density at radius 3 is 1.36 bits per heavy atom. The maximum atomic E-state index is 5.72. The number of nitrogens with zero attached hydrogens (tertiary/aromatic N) is 2. The molecule has 0 atom stereocenters. The summed E-state index contributed by atoms with van der Waals surface area (Å²) in [6.45, 7) is 0. The van der Waals surface area contributed by atoms with Gasteiger partial charge in [0, 0.05) is 22.3 Å². The zero-order chi connectivity index (χ0) is 39.8. The van der Waals surface area contributed by atoms with Gasteiger partial charge in [-0.1, -0.05) is 182 Å². The maximum absolute atomic E-state index is 5.72. The van der Waals surface area contributed by atoms with Crippen LogP contribution in [0.3, 0.4) is 0 Å². The van der Waals surface area contributed by atoms with E-state index in [1.54, 1.807) is 0 Å². The molecule has 0 saturated carbocycles. The first-order valence-corrected chi connectivity index (χ1v) is 21.1. The second kappa shape index (κ2) is 12.1. The summed E-state index contributed by atoms with van der Waals surface area (Å²) in [5.74, 6) is 0.734. The molecule has 0 bridgehead atoms. The highest BCUT2D eigenvalue weighted by molar-refractivity contribution is 6.21. The molecule has 0 N–H and O–H groups in total. The van der Waals surface area contributed by atoms with Crippen LogP contribution in [-0.4, -0.2) is 9.97 Å². The number of fused-ring (bicyclic) bond motifs is 15. The lowest BCUT2D eigenvalue weighted by Gasteiger charge is -2.31. The summed E-state index contributed by atoms with van der Waals surface area (Å²) in [6.07, 6.45) is 0. The molecular weight excluding hydrogens is 737 g/mol. The Balaban J connectivity index is 1.15. The number of hydrogen-bond acceptors (Lipinski definition) is 2. The Morgan fingerprint density at radius 1 is 0.279 bits per heavy atom. The molecule has 2 heteroatoms. The third-order valence-electron chi connectivity index (χ3n) is 13.8. The van der Waals surface area contributed by atoms with Gasteiger partial charge >= 0.3 is 0 Å². The molecular formula is C59H34N2. The van der Waals surface area contributed by atoms with Gasteiger partial charge in [0.2, 0.25) is 0 Å². The fraction of sp³-hybridized carbons (Fsp3) is 0.0169. The molecule has 0 aliphatic heterocycles. The van der Waals surface area contributed by atoms with Gasteiger partial charge in [0.15, 0.2) is 5.82 Å². The minimum atomic E-state index is -0.525. The van der Waals surface area contributed by atoms with Crippen molar-refractivity contribution in [2.75, 3.05) is 0 Å². The van der Waals surface area contributed by atoms with E-state index in [2.05, 4.69) is 206 Å². The van der Waals surface area contributed by atoms with Gasteiger partial charge in [-0.2, -0.15) is 0 Å². The van der Waals surface area contributed by atoms with E-state index in [1.807, 2.05) is 0 Å². The van der Waals surface area contributed by atoms with Crippen LogP contribution in [0.2, 0.25) is 0 Å². The van der Waals surface area contributed by atoms with E-state index >= 15 is 0 Å². The van der Waals surface area contributed by atoms with Crippen LogP contribution in [0, 0.1) is 0 Å². The van der Waals surface area contributed by atoms with Crippen molar-refractivity contribution < 1.29 is 0 Å². The fourth-order valence-electron chi connectivity index (χ4n) is 11.3. The van der Waals surface area contributed by atoms with Crippen LogP contribution < -0.4 is 0 Å². The lowest BCUT2D eigenvalue weighted by Crippen LogP contribution is -2.26. The number of hydrogen-bond donors (Lipinski definition) is 0. The average Bonchev–Trinajstić information content (AvgIpc) is 3.93. The summed E-state index contributed by atoms with van der Waals surface area (Å²) < 4.78 is 0. The summed E-state index contributed by atoms with van der Waals surface area (Å²) in [4.78, 5) is 11.4. The molecule has 11 aromatic rings. The Hall–Kier alpha value is -7.94. The van der Waals surface area contributed by atoms with Crippen LogP contribution in [0.5, 0.6) is 0 Å². The SMILES string of the molecule is c1ccc2c(c1)-c1ccccc1C21c2ccccc2-c2c1cc1c(c2-c2nc(-c3ccc4ccccc4c3)cc(-c3ccc4ccccc4c3)n2)-c2cccc3cccc-1c23.